The van der Waals surface area contributed by atoms with Crippen LogP contribution in [0.5, 0.6) is 0 Å². The van der Waals surface area contributed by atoms with Crippen LogP contribution in [0.15, 0.2) is 18.2 Å². The number of benzene rings is 1. The van der Waals surface area contributed by atoms with Gasteiger partial charge >= 0.3 is 5.97 Å². The molecule has 17 heavy (non-hydrogen) atoms. The number of carbonyl (C=O) groups is 2. The molecule has 0 saturated heterocycles. The lowest BCUT2D eigenvalue weighted by Crippen LogP contribution is -2.40. The van der Waals surface area contributed by atoms with Gasteiger partial charge in [-0.25, -0.2) is 4.79 Å². The molecule has 0 radical (unpaired) electrons. The molecular formula is C11H11Cl2NO3. The lowest BCUT2D eigenvalue weighted by molar-refractivity contribution is -0.139. The van der Waals surface area contributed by atoms with Gasteiger partial charge in [0.2, 0.25) is 0 Å². The van der Waals surface area contributed by atoms with Crippen LogP contribution < -0.4 is 5.32 Å². The zero-order chi connectivity index (χ0) is 13.0. The molecule has 0 saturated carbocycles. The van der Waals surface area contributed by atoms with Crippen molar-refractivity contribution in [1.29, 1.82) is 0 Å². The van der Waals surface area contributed by atoms with Gasteiger partial charge in [0.1, 0.15) is 6.04 Å². The molecule has 0 aliphatic heterocycles. The summed E-state index contributed by atoms with van der Waals surface area (Å²) in [4.78, 5) is 22.5. The summed E-state index contributed by atoms with van der Waals surface area (Å²) in [6, 6.07) is 3.43. The smallest absolute Gasteiger partial charge is 0.326 e. The lowest BCUT2D eigenvalue weighted by atomic mass is 10.1. The number of aliphatic carboxylic acids is 1. The maximum Gasteiger partial charge on any atom is 0.326 e. The van der Waals surface area contributed by atoms with Crippen molar-refractivity contribution >= 4 is 35.1 Å². The molecule has 1 aromatic rings. The van der Waals surface area contributed by atoms with Gasteiger partial charge in [-0.2, -0.15) is 0 Å². The monoisotopic (exact) mass is 275 g/mol. The van der Waals surface area contributed by atoms with Crippen molar-refractivity contribution in [2.75, 3.05) is 0 Å². The van der Waals surface area contributed by atoms with Crippen LogP contribution >= 0.6 is 23.2 Å². The highest BCUT2D eigenvalue weighted by atomic mass is 35.5. The lowest BCUT2D eigenvalue weighted by Gasteiger charge is -2.12. The van der Waals surface area contributed by atoms with Crippen LogP contribution in [-0.4, -0.2) is 23.0 Å². The van der Waals surface area contributed by atoms with E-state index in [0.717, 1.165) is 0 Å². The molecule has 0 fully saturated rings. The Morgan fingerprint density at radius 3 is 2.24 bits per heavy atom. The van der Waals surface area contributed by atoms with Crippen molar-refractivity contribution in [3.05, 3.63) is 33.8 Å². The fourth-order valence-corrected chi connectivity index (χ4v) is 1.79. The van der Waals surface area contributed by atoms with E-state index in [4.69, 9.17) is 28.3 Å². The molecule has 92 valence electrons. The molecule has 0 bridgehead atoms. The van der Waals surface area contributed by atoms with E-state index in [-0.39, 0.29) is 5.56 Å². The van der Waals surface area contributed by atoms with E-state index in [1.807, 2.05) is 0 Å². The molecule has 1 atom stereocenters. The summed E-state index contributed by atoms with van der Waals surface area (Å²) >= 11 is 11.5. The quantitative estimate of drug-likeness (QED) is 0.888. The summed E-state index contributed by atoms with van der Waals surface area (Å²) in [5, 5.41) is 11.8. The normalized spacial score (nSPS) is 11.9. The van der Waals surface area contributed by atoms with Crippen LogP contribution in [-0.2, 0) is 4.79 Å². The minimum atomic E-state index is -1.08. The van der Waals surface area contributed by atoms with Crippen LogP contribution in [0.3, 0.4) is 0 Å². The van der Waals surface area contributed by atoms with Crippen LogP contribution in [0, 0.1) is 0 Å². The van der Waals surface area contributed by atoms with Crippen molar-refractivity contribution in [3.63, 3.8) is 0 Å². The van der Waals surface area contributed by atoms with E-state index < -0.39 is 17.9 Å². The molecular weight excluding hydrogens is 265 g/mol. The Labute approximate surface area is 109 Å². The van der Waals surface area contributed by atoms with Crippen LogP contribution in [0.25, 0.3) is 0 Å². The predicted molar refractivity (Wildman–Crippen MR) is 65.6 cm³/mol. The summed E-state index contributed by atoms with van der Waals surface area (Å²) in [5.74, 6) is -1.59. The highest BCUT2D eigenvalue weighted by Crippen LogP contribution is 2.19. The van der Waals surface area contributed by atoms with E-state index in [1.165, 1.54) is 18.2 Å². The summed E-state index contributed by atoms with van der Waals surface area (Å²) in [7, 11) is 0. The fourth-order valence-electron chi connectivity index (χ4n) is 1.26. The predicted octanol–water partition coefficient (Wildman–Crippen LogP) is 2.59. The molecule has 0 heterocycles. The number of carboxylic acid groups (broad SMARTS) is 1. The molecule has 1 aromatic carbocycles. The summed E-state index contributed by atoms with van der Waals surface area (Å²) in [6.45, 7) is 1.67. The van der Waals surface area contributed by atoms with Crippen LogP contribution in [0.4, 0.5) is 0 Å². The zero-order valence-electron chi connectivity index (χ0n) is 9.04. The number of carbonyl (C=O) groups excluding carboxylic acids is 1. The average Bonchev–Trinajstić information content (AvgIpc) is 2.23. The highest BCUT2D eigenvalue weighted by molar-refractivity contribution is 6.35. The molecule has 4 nitrogen and oxygen atoms in total. The van der Waals surface area contributed by atoms with Crippen molar-refractivity contribution < 1.29 is 14.7 Å². The first-order valence-corrected chi connectivity index (χ1v) is 5.69. The Balaban J connectivity index is 2.86. The average molecular weight is 276 g/mol. The van der Waals surface area contributed by atoms with E-state index in [9.17, 15) is 9.59 Å². The summed E-state index contributed by atoms with van der Waals surface area (Å²) in [6.07, 6.45) is 0.301. The molecule has 2 N–H and O–H groups in total. The second-order valence-corrected chi connectivity index (χ2v) is 4.30. The van der Waals surface area contributed by atoms with Crippen LogP contribution in [0.2, 0.25) is 10.0 Å². The number of rotatable bonds is 4. The minimum absolute atomic E-state index is 0.238. The summed E-state index contributed by atoms with van der Waals surface area (Å²) in [5.41, 5.74) is 0.238. The molecule has 0 aromatic heterocycles. The number of hydrogen-bond donors (Lipinski definition) is 2. The van der Waals surface area contributed by atoms with Crippen molar-refractivity contribution in [2.45, 2.75) is 19.4 Å². The fraction of sp³-hybridized carbons (Fsp3) is 0.273. The zero-order valence-corrected chi connectivity index (χ0v) is 10.5. The number of halogens is 2. The van der Waals surface area contributed by atoms with Gasteiger partial charge in [0, 0.05) is 15.6 Å². The SMILES string of the molecule is CC[C@@H](NC(=O)c1cc(Cl)cc(Cl)c1)C(=O)O. The second kappa shape index (κ2) is 5.89. The molecule has 1 rings (SSSR count). The number of hydrogen-bond acceptors (Lipinski definition) is 2. The van der Waals surface area contributed by atoms with Crippen molar-refractivity contribution in [1.82, 2.24) is 5.32 Å². The Morgan fingerprint density at radius 2 is 1.82 bits per heavy atom. The molecule has 0 aliphatic carbocycles. The topological polar surface area (TPSA) is 66.4 Å². The third kappa shape index (κ3) is 3.91. The van der Waals surface area contributed by atoms with Gasteiger partial charge in [-0.15, -0.1) is 0 Å². The standard InChI is InChI=1S/C11H11Cl2NO3/c1-2-9(11(16)17)14-10(15)6-3-7(12)5-8(13)4-6/h3-5,9H,2H2,1H3,(H,14,15)(H,16,17)/t9-/m1/s1. The Hall–Kier alpha value is -1.26. The first kappa shape index (κ1) is 13.8. The maximum atomic E-state index is 11.7. The Kier molecular flexibility index (Phi) is 4.78. The number of carboxylic acids is 1. The Morgan fingerprint density at radius 1 is 1.29 bits per heavy atom. The van der Waals surface area contributed by atoms with Gasteiger partial charge in [-0.05, 0) is 24.6 Å². The Bertz CT molecular complexity index is 428. The van der Waals surface area contributed by atoms with Gasteiger partial charge in [0.15, 0.2) is 0 Å². The molecule has 0 unspecified atom stereocenters. The third-order valence-corrected chi connectivity index (χ3v) is 2.57. The molecule has 0 aliphatic rings. The first-order chi connectivity index (χ1) is 7.93. The molecule has 1 amide bonds. The van der Waals surface area contributed by atoms with Crippen molar-refractivity contribution in [3.8, 4) is 0 Å². The largest absolute Gasteiger partial charge is 0.480 e. The maximum absolute atomic E-state index is 11.7. The second-order valence-electron chi connectivity index (χ2n) is 3.43. The number of nitrogens with one attached hydrogen (secondary N) is 1. The molecule has 6 heteroatoms. The minimum Gasteiger partial charge on any atom is -0.480 e. The van der Waals surface area contributed by atoms with E-state index in [2.05, 4.69) is 5.32 Å². The van der Waals surface area contributed by atoms with Crippen LogP contribution in [0.1, 0.15) is 23.7 Å². The first-order valence-electron chi connectivity index (χ1n) is 4.93. The highest BCUT2D eigenvalue weighted by Gasteiger charge is 2.18. The summed E-state index contributed by atoms with van der Waals surface area (Å²) < 4.78 is 0. The van der Waals surface area contributed by atoms with Gasteiger partial charge in [0.05, 0.1) is 0 Å². The van der Waals surface area contributed by atoms with E-state index in [0.29, 0.717) is 16.5 Å². The molecule has 0 spiro atoms. The van der Waals surface area contributed by atoms with Gasteiger partial charge in [0.25, 0.3) is 5.91 Å². The van der Waals surface area contributed by atoms with E-state index >= 15 is 0 Å². The van der Waals surface area contributed by atoms with Gasteiger partial charge in [-0.3, -0.25) is 4.79 Å². The van der Waals surface area contributed by atoms with E-state index in [1.54, 1.807) is 6.92 Å². The third-order valence-electron chi connectivity index (χ3n) is 2.14. The van der Waals surface area contributed by atoms with Gasteiger partial charge in [-0.1, -0.05) is 30.1 Å². The van der Waals surface area contributed by atoms with Gasteiger partial charge < -0.3 is 10.4 Å². The van der Waals surface area contributed by atoms with Crippen molar-refractivity contribution in [2.24, 2.45) is 0 Å². The number of amides is 1.